The molecule has 0 heterocycles. The number of aryl methyl sites for hydroxylation is 1. The average Bonchev–Trinajstić information content (AvgIpc) is 2.47. The Kier molecular flexibility index (Phi) is 5.21. The molecule has 0 saturated heterocycles. The first-order valence-electron chi connectivity index (χ1n) is 6.91. The van der Waals surface area contributed by atoms with Gasteiger partial charge in [0.2, 0.25) is 0 Å². The monoisotopic (exact) mass is 318 g/mol. The molecule has 4 heteroatoms. The van der Waals surface area contributed by atoms with E-state index < -0.39 is 0 Å². The Bertz CT molecular complexity index is 638. The van der Waals surface area contributed by atoms with E-state index in [9.17, 15) is 0 Å². The van der Waals surface area contributed by atoms with Crippen LogP contribution in [0.5, 0.6) is 0 Å². The van der Waals surface area contributed by atoms with Crippen molar-refractivity contribution in [2.75, 3.05) is 11.4 Å². The van der Waals surface area contributed by atoms with Crippen molar-refractivity contribution in [1.29, 1.82) is 0 Å². The van der Waals surface area contributed by atoms with E-state index in [0.717, 1.165) is 24.2 Å². The number of thiocarbonyl (C=S) groups is 1. The van der Waals surface area contributed by atoms with Crippen LogP contribution in [0.3, 0.4) is 0 Å². The Morgan fingerprint density at radius 2 is 1.86 bits per heavy atom. The second kappa shape index (κ2) is 6.92. The summed E-state index contributed by atoms with van der Waals surface area (Å²) in [6, 6.07) is 14.3. The third-order valence-corrected chi connectivity index (χ3v) is 4.07. The largest absolute Gasteiger partial charge is 0.389 e. The van der Waals surface area contributed by atoms with Crippen LogP contribution in [0.4, 0.5) is 5.69 Å². The molecule has 0 aromatic heterocycles. The Hall–Kier alpha value is -1.58. The van der Waals surface area contributed by atoms with Gasteiger partial charge in [0.1, 0.15) is 4.99 Å². The van der Waals surface area contributed by atoms with Gasteiger partial charge >= 0.3 is 0 Å². The van der Waals surface area contributed by atoms with Gasteiger partial charge in [-0.1, -0.05) is 53.6 Å². The Morgan fingerprint density at radius 3 is 2.38 bits per heavy atom. The zero-order valence-electron chi connectivity index (χ0n) is 12.3. The average molecular weight is 319 g/mol. The maximum atomic E-state index is 6.35. The first kappa shape index (κ1) is 15.8. The summed E-state index contributed by atoms with van der Waals surface area (Å²) in [5.74, 6) is 0. The fourth-order valence-electron chi connectivity index (χ4n) is 2.18. The second-order valence-electron chi connectivity index (χ2n) is 5.02. The van der Waals surface area contributed by atoms with Gasteiger partial charge in [0.05, 0.1) is 0 Å². The highest BCUT2D eigenvalue weighted by Gasteiger charge is 2.09. The molecule has 2 rings (SSSR count). The van der Waals surface area contributed by atoms with E-state index in [4.69, 9.17) is 29.6 Å². The number of halogens is 1. The van der Waals surface area contributed by atoms with Crippen LogP contribution in [0.25, 0.3) is 0 Å². The van der Waals surface area contributed by atoms with Crippen molar-refractivity contribution < 1.29 is 0 Å². The summed E-state index contributed by atoms with van der Waals surface area (Å²) in [7, 11) is 0. The topological polar surface area (TPSA) is 29.3 Å². The van der Waals surface area contributed by atoms with Crippen LogP contribution in [0.15, 0.2) is 42.5 Å². The molecule has 0 aliphatic carbocycles. The van der Waals surface area contributed by atoms with Gasteiger partial charge in [-0.2, -0.15) is 0 Å². The third kappa shape index (κ3) is 3.96. The molecule has 0 aliphatic rings. The van der Waals surface area contributed by atoms with Crippen LogP contribution in [0.1, 0.15) is 23.6 Å². The molecule has 0 aliphatic heterocycles. The van der Waals surface area contributed by atoms with Crippen molar-refractivity contribution in [2.24, 2.45) is 5.73 Å². The van der Waals surface area contributed by atoms with E-state index in [0.29, 0.717) is 10.0 Å². The fraction of sp³-hybridized carbons (Fsp3) is 0.235. The van der Waals surface area contributed by atoms with Gasteiger partial charge in [0, 0.05) is 29.4 Å². The lowest BCUT2D eigenvalue weighted by Gasteiger charge is -2.24. The Morgan fingerprint density at radius 1 is 1.19 bits per heavy atom. The molecule has 0 unspecified atom stereocenters. The van der Waals surface area contributed by atoms with Crippen molar-refractivity contribution in [1.82, 2.24) is 0 Å². The van der Waals surface area contributed by atoms with E-state index in [1.807, 2.05) is 18.2 Å². The summed E-state index contributed by atoms with van der Waals surface area (Å²) >= 11 is 11.3. The molecule has 2 aromatic carbocycles. The van der Waals surface area contributed by atoms with Gasteiger partial charge in [0.15, 0.2) is 0 Å². The van der Waals surface area contributed by atoms with Crippen LogP contribution >= 0.6 is 23.8 Å². The van der Waals surface area contributed by atoms with Crippen molar-refractivity contribution in [3.05, 3.63) is 64.2 Å². The van der Waals surface area contributed by atoms with Gasteiger partial charge in [-0.3, -0.25) is 0 Å². The standard InChI is InChI=1S/C17H19ClN2S/c1-3-20(15-8-4-12(2)5-9-15)11-14-7-6-13(17(19)21)10-16(14)18/h4-10H,3,11H2,1-2H3,(H2,19,21). The quantitative estimate of drug-likeness (QED) is 0.833. The van der Waals surface area contributed by atoms with Gasteiger partial charge in [-0.15, -0.1) is 0 Å². The van der Waals surface area contributed by atoms with Crippen molar-refractivity contribution in [3.8, 4) is 0 Å². The first-order valence-corrected chi connectivity index (χ1v) is 7.69. The smallest absolute Gasteiger partial charge is 0.104 e. The summed E-state index contributed by atoms with van der Waals surface area (Å²) in [6.45, 7) is 5.90. The van der Waals surface area contributed by atoms with Crippen LogP contribution in [-0.4, -0.2) is 11.5 Å². The molecule has 0 atom stereocenters. The molecule has 2 nitrogen and oxygen atoms in total. The van der Waals surface area contributed by atoms with E-state index in [2.05, 4.69) is 43.0 Å². The third-order valence-electron chi connectivity index (χ3n) is 3.48. The van der Waals surface area contributed by atoms with E-state index in [1.165, 1.54) is 11.3 Å². The first-order chi connectivity index (χ1) is 10.0. The molecular weight excluding hydrogens is 300 g/mol. The summed E-state index contributed by atoms with van der Waals surface area (Å²) in [5, 5.41) is 0.700. The highest BCUT2D eigenvalue weighted by Crippen LogP contribution is 2.23. The van der Waals surface area contributed by atoms with Gasteiger partial charge in [0.25, 0.3) is 0 Å². The number of nitrogens with two attached hydrogens (primary N) is 1. The number of nitrogens with zero attached hydrogens (tertiary/aromatic N) is 1. The molecule has 0 radical (unpaired) electrons. The zero-order valence-corrected chi connectivity index (χ0v) is 13.8. The SMILES string of the molecule is CCN(Cc1ccc(C(N)=S)cc1Cl)c1ccc(C)cc1. The molecule has 110 valence electrons. The van der Waals surface area contributed by atoms with Gasteiger partial charge < -0.3 is 10.6 Å². The van der Waals surface area contributed by atoms with E-state index in [1.54, 1.807) is 0 Å². The molecule has 0 bridgehead atoms. The van der Waals surface area contributed by atoms with Crippen LogP contribution in [-0.2, 0) is 6.54 Å². The number of benzene rings is 2. The maximum Gasteiger partial charge on any atom is 0.104 e. The molecule has 2 aromatic rings. The molecule has 0 fully saturated rings. The van der Waals surface area contributed by atoms with Crippen LogP contribution in [0, 0.1) is 6.92 Å². The molecule has 0 saturated carbocycles. The summed E-state index contributed by atoms with van der Waals surface area (Å²) in [4.78, 5) is 2.65. The van der Waals surface area contributed by atoms with Crippen molar-refractivity contribution in [2.45, 2.75) is 20.4 Å². The van der Waals surface area contributed by atoms with Crippen molar-refractivity contribution in [3.63, 3.8) is 0 Å². The van der Waals surface area contributed by atoms with E-state index >= 15 is 0 Å². The predicted molar refractivity (Wildman–Crippen MR) is 95.2 cm³/mol. The molecule has 2 N–H and O–H groups in total. The Labute approximate surface area is 136 Å². The molecule has 21 heavy (non-hydrogen) atoms. The lowest BCUT2D eigenvalue weighted by molar-refractivity contribution is 0.832. The lowest BCUT2D eigenvalue weighted by Crippen LogP contribution is -2.22. The maximum absolute atomic E-state index is 6.35. The molecular formula is C17H19ClN2S. The lowest BCUT2D eigenvalue weighted by atomic mass is 10.1. The number of anilines is 1. The minimum atomic E-state index is 0.370. The minimum Gasteiger partial charge on any atom is -0.389 e. The highest BCUT2D eigenvalue weighted by molar-refractivity contribution is 7.80. The molecule has 0 spiro atoms. The summed E-state index contributed by atoms with van der Waals surface area (Å²) in [5.41, 5.74) is 9.95. The number of hydrogen-bond acceptors (Lipinski definition) is 2. The van der Waals surface area contributed by atoms with Crippen molar-refractivity contribution >= 4 is 34.5 Å². The van der Waals surface area contributed by atoms with Gasteiger partial charge in [-0.05, 0) is 37.6 Å². The summed E-state index contributed by atoms with van der Waals surface area (Å²) in [6.07, 6.45) is 0. The second-order valence-corrected chi connectivity index (χ2v) is 5.87. The number of hydrogen-bond donors (Lipinski definition) is 1. The number of rotatable bonds is 5. The van der Waals surface area contributed by atoms with E-state index in [-0.39, 0.29) is 0 Å². The highest BCUT2D eigenvalue weighted by atomic mass is 35.5. The normalized spacial score (nSPS) is 10.4. The molecule has 0 amide bonds. The minimum absolute atomic E-state index is 0.370. The predicted octanol–water partition coefficient (Wildman–Crippen LogP) is 4.31. The summed E-state index contributed by atoms with van der Waals surface area (Å²) < 4.78 is 0. The Balaban J connectivity index is 2.22. The van der Waals surface area contributed by atoms with Gasteiger partial charge in [-0.25, -0.2) is 0 Å². The fourth-order valence-corrected chi connectivity index (χ4v) is 2.54. The van der Waals surface area contributed by atoms with Crippen LogP contribution < -0.4 is 10.6 Å². The van der Waals surface area contributed by atoms with Crippen LogP contribution in [0.2, 0.25) is 5.02 Å². The zero-order chi connectivity index (χ0) is 15.4.